The van der Waals surface area contributed by atoms with Gasteiger partial charge in [0, 0.05) is 0 Å². The first-order valence-corrected chi connectivity index (χ1v) is 5.47. The Kier molecular flexibility index (Phi) is 7.83. The van der Waals surface area contributed by atoms with Crippen LogP contribution in [0.5, 0.6) is 0 Å². The fourth-order valence-electron chi connectivity index (χ4n) is 1.42. The van der Waals surface area contributed by atoms with Crippen LogP contribution in [0.4, 0.5) is 0 Å². The molecule has 0 amide bonds. The predicted molar refractivity (Wildman–Crippen MR) is 59.6 cm³/mol. The van der Waals surface area contributed by atoms with Gasteiger partial charge in [-0.2, -0.15) is 0 Å². The van der Waals surface area contributed by atoms with Crippen molar-refractivity contribution in [3.63, 3.8) is 0 Å². The van der Waals surface area contributed by atoms with Crippen molar-refractivity contribution in [2.24, 2.45) is 5.92 Å². The number of terminal acetylenes is 1. The van der Waals surface area contributed by atoms with E-state index in [9.17, 15) is 0 Å². The van der Waals surface area contributed by atoms with Gasteiger partial charge in [0.2, 0.25) is 0 Å². The Morgan fingerprint density at radius 3 is 2.23 bits per heavy atom. The molecule has 1 unspecified atom stereocenters. The van der Waals surface area contributed by atoms with Gasteiger partial charge >= 0.3 is 0 Å². The molecule has 1 nitrogen and oxygen atoms in total. The number of hydrogen-bond donors (Lipinski definition) is 1. The molecule has 0 bridgehead atoms. The van der Waals surface area contributed by atoms with Crippen molar-refractivity contribution < 1.29 is 0 Å². The average molecular weight is 181 g/mol. The van der Waals surface area contributed by atoms with Crippen LogP contribution < -0.4 is 5.32 Å². The Morgan fingerprint density at radius 2 is 1.85 bits per heavy atom. The SMILES string of the molecule is C#CC(CCC)NCC(CC)CC. The maximum absolute atomic E-state index is 5.42. The van der Waals surface area contributed by atoms with Crippen LogP contribution in [0.15, 0.2) is 0 Å². The molecule has 0 saturated heterocycles. The molecule has 0 aromatic heterocycles. The van der Waals surface area contributed by atoms with Crippen LogP contribution >= 0.6 is 0 Å². The molecule has 0 aromatic rings. The monoisotopic (exact) mass is 181 g/mol. The summed E-state index contributed by atoms with van der Waals surface area (Å²) in [6.45, 7) is 7.71. The van der Waals surface area contributed by atoms with E-state index in [1.165, 1.54) is 12.8 Å². The van der Waals surface area contributed by atoms with Gasteiger partial charge < -0.3 is 5.32 Å². The minimum absolute atomic E-state index is 0.283. The molecule has 0 heterocycles. The lowest BCUT2D eigenvalue weighted by Crippen LogP contribution is -2.31. The van der Waals surface area contributed by atoms with E-state index in [1.807, 2.05) is 0 Å². The smallest absolute Gasteiger partial charge is 0.0686 e. The molecule has 0 saturated carbocycles. The van der Waals surface area contributed by atoms with Crippen LogP contribution in [0, 0.1) is 18.3 Å². The minimum atomic E-state index is 0.283. The summed E-state index contributed by atoms with van der Waals surface area (Å²) in [5.74, 6) is 3.58. The third-order valence-corrected chi connectivity index (χ3v) is 2.59. The highest BCUT2D eigenvalue weighted by Gasteiger charge is 2.06. The lowest BCUT2D eigenvalue weighted by molar-refractivity contribution is 0.425. The van der Waals surface area contributed by atoms with Gasteiger partial charge in [-0.3, -0.25) is 0 Å². The summed E-state index contributed by atoms with van der Waals surface area (Å²) in [5.41, 5.74) is 0. The molecule has 1 N–H and O–H groups in total. The third kappa shape index (κ3) is 5.71. The Bertz CT molecular complexity index is 142. The molecular formula is C12H23N. The van der Waals surface area contributed by atoms with E-state index < -0.39 is 0 Å². The average Bonchev–Trinajstić information content (AvgIpc) is 2.17. The van der Waals surface area contributed by atoms with Crippen LogP contribution in [0.1, 0.15) is 46.5 Å². The van der Waals surface area contributed by atoms with Crippen LogP contribution in [0.3, 0.4) is 0 Å². The molecule has 0 radical (unpaired) electrons. The van der Waals surface area contributed by atoms with E-state index in [1.54, 1.807) is 0 Å². The Balaban J connectivity index is 3.64. The zero-order chi connectivity index (χ0) is 10.1. The molecular weight excluding hydrogens is 158 g/mol. The number of nitrogens with one attached hydrogen (secondary N) is 1. The van der Waals surface area contributed by atoms with Crippen molar-refractivity contribution in [1.82, 2.24) is 5.32 Å². The standard InChI is InChI=1S/C12H23N/c1-5-9-12(8-4)13-10-11(6-2)7-3/h4,11-13H,5-7,9-10H2,1-3H3. The Labute approximate surface area is 83.3 Å². The van der Waals surface area contributed by atoms with E-state index in [2.05, 4.69) is 32.0 Å². The molecule has 0 aliphatic heterocycles. The molecule has 76 valence electrons. The highest BCUT2D eigenvalue weighted by Crippen LogP contribution is 2.06. The van der Waals surface area contributed by atoms with E-state index in [-0.39, 0.29) is 6.04 Å². The highest BCUT2D eigenvalue weighted by molar-refractivity contribution is 4.98. The predicted octanol–water partition coefficient (Wildman–Crippen LogP) is 2.81. The summed E-state index contributed by atoms with van der Waals surface area (Å²) in [4.78, 5) is 0. The zero-order valence-corrected chi connectivity index (χ0v) is 9.27. The number of hydrogen-bond acceptors (Lipinski definition) is 1. The quantitative estimate of drug-likeness (QED) is 0.596. The molecule has 0 spiro atoms. The van der Waals surface area contributed by atoms with Gasteiger partial charge in [-0.25, -0.2) is 0 Å². The first-order chi connectivity index (χ1) is 6.28. The van der Waals surface area contributed by atoms with Crippen molar-refractivity contribution in [2.45, 2.75) is 52.5 Å². The lowest BCUT2D eigenvalue weighted by atomic mass is 10.0. The van der Waals surface area contributed by atoms with Crippen molar-refractivity contribution >= 4 is 0 Å². The summed E-state index contributed by atoms with van der Waals surface area (Å²) in [6.07, 6.45) is 10.2. The fourth-order valence-corrected chi connectivity index (χ4v) is 1.42. The van der Waals surface area contributed by atoms with E-state index in [4.69, 9.17) is 6.42 Å². The van der Waals surface area contributed by atoms with Gasteiger partial charge in [-0.15, -0.1) is 6.42 Å². The Morgan fingerprint density at radius 1 is 1.23 bits per heavy atom. The minimum Gasteiger partial charge on any atom is -0.303 e. The lowest BCUT2D eigenvalue weighted by Gasteiger charge is -2.17. The molecule has 0 aliphatic carbocycles. The van der Waals surface area contributed by atoms with Crippen LogP contribution in [0.2, 0.25) is 0 Å². The van der Waals surface area contributed by atoms with Crippen molar-refractivity contribution in [2.75, 3.05) is 6.54 Å². The van der Waals surface area contributed by atoms with Crippen LogP contribution in [-0.4, -0.2) is 12.6 Å². The first kappa shape index (κ1) is 12.5. The van der Waals surface area contributed by atoms with Gasteiger partial charge in [-0.05, 0) is 18.9 Å². The van der Waals surface area contributed by atoms with Crippen molar-refractivity contribution in [3.05, 3.63) is 0 Å². The summed E-state index contributed by atoms with van der Waals surface area (Å²) >= 11 is 0. The first-order valence-electron chi connectivity index (χ1n) is 5.47. The maximum atomic E-state index is 5.42. The fraction of sp³-hybridized carbons (Fsp3) is 0.833. The molecule has 0 fully saturated rings. The van der Waals surface area contributed by atoms with Gasteiger partial charge in [0.1, 0.15) is 0 Å². The molecule has 1 heteroatoms. The van der Waals surface area contributed by atoms with Crippen LogP contribution in [0.25, 0.3) is 0 Å². The van der Waals surface area contributed by atoms with Gasteiger partial charge in [-0.1, -0.05) is 46.0 Å². The maximum Gasteiger partial charge on any atom is 0.0686 e. The van der Waals surface area contributed by atoms with Gasteiger partial charge in [0.15, 0.2) is 0 Å². The normalized spacial score (nSPS) is 12.8. The second-order valence-electron chi connectivity index (χ2n) is 3.60. The van der Waals surface area contributed by atoms with Gasteiger partial charge in [0.05, 0.1) is 6.04 Å². The topological polar surface area (TPSA) is 12.0 Å². The highest BCUT2D eigenvalue weighted by atomic mass is 14.9. The van der Waals surface area contributed by atoms with E-state index in [0.29, 0.717) is 0 Å². The molecule has 0 aromatic carbocycles. The summed E-state index contributed by atoms with van der Waals surface area (Å²) in [7, 11) is 0. The third-order valence-electron chi connectivity index (χ3n) is 2.59. The Hall–Kier alpha value is -0.480. The summed E-state index contributed by atoms with van der Waals surface area (Å²) in [6, 6.07) is 0.283. The number of rotatable bonds is 7. The molecule has 0 aliphatic rings. The summed E-state index contributed by atoms with van der Waals surface area (Å²) < 4.78 is 0. The summed E-state index contributed by atoms with van der Waals surface area (Å²) in [5, 5.41) is 3.44. The van der Waals surface area contributed by atoms with Crippen molar-refractivity contribution in [1.29, 1.82) is 0 Å². The second kappa shape index (κ2) is 8.13. The van der Waals surface area contributed by atoms with Crippen molar-refractivity contribution in [3.8, 4) is 12.3 Å². The van der Waals surface area contributed by atoms with E-state index in [0.717, 1.165) is 25.3 Å². The zero-order valence-electron chi connectivity index (χ0n) is 9.27. The van der Waals surface area contributed by atoms with Gasteiger partial charge in [0.25, 0.3) is 0 Å². The second-order valence-corrected chi connectivity index (χ2v) is 3.60. The largest absolute Gasteiger partial charge is 0.303 e. The molecule has 13 heavy (non-hydrogen) atoms. The van der Waals surface area contributed by atoms with Crippen LogP contribution in [-0.2, 0) is 0 Å². The van der Waals surface area contributed by atoms with E-state index >= 15 is 0 Å². The molecule has 1 atom stereocenters. The molecule has 0 rings (SSSR count).